The second-order valence-corrected chi connectivity index (χ2v) is 4.43. The van der Waals surface area contributed by atoms with Gasteiger partial charge in [0.1, 0.15) is 5.69 Å². The Hall–Kier alpha value is -1.76. The van der Waals surface area contributed by atoms with Crippen molar-refractivity contribution in [3.8, 4) is 0 Å². The number of hydrogen-bond acceptors (Lipinski definition) is 6. The number of nitrogens with two attached hydrogens (primary N) is 1. The lowest BCUT2D eigenvalue weighted by Gasteiger charge is -2.03. The first-order valence-corrected chi connectivity index (χ1v) is 6.46. The zero-order valence-electron chi connectivity index (χ0n) is 9.92. The monoisotopic (exact) mass is 270 g/mol. The van der Waals surface area contributed by atoms with Crippen LogP contribution in [0.5, 0.6) is 0 Å². The highest BCUT2D eigenvalue weighted by Crippen LogP contribution is 2.24. The van der Waals surface area contributed by atoms with Gasteiger partial charge in [0, 0.05) is 11.8 Å². The summed E-state index contributed by atoms with van der Waals surface area (Å²) in [5.41, 5.74) is 6.27. The molecule has 0 aliphatic heterocycles. The van der Waals surface area contributed by atoms with Crippen LogP contribution in [0.25, 0.3) is 0 Å². The second kappa shape index (κ2) is 6.85. The van der Waals surface area contributed by atoms with E-state index in [9.17, 15) is 14.9 Å². The summed E-state index contributed by atoms with van der Waals surface area (Å²) in [5, 5.41) is 10.7. The zero-order chi connectivity index (χ0) is 13.5. The maximum Gasteiger partial charge on any atom is 0.315 e. The van der Waals surface area contributed by atoms with Crippen LogP contribution in [0.15, 0.2) is 18.2 Å². The number of esters is 1. The lowest BCUT2D eigenvalue weighted by Crippen LogP contribution is -2.06. The van der Waals surface area contributed by atoms with E-state index >= 15 is 0 Å². The lowest BCUT2D eigenvalue weighted by atomic mass is 10.2. The van der Waals surface area contributed by atoms with Gasteiger partial charge in [-0.15, -0.1) is 11.8 Å². The molecule has 1 rings (SSSR count). The van der Waals surface area contributed by atoms with Gasteiger partial charge in [0.25, 0.3) is 5.69 Å². The first-order chi connectivity index (χ1) is 8.54. The number of anilines is 1. The van der Waals surface area contributed by atoms with Gasteiger partial charge >= 0.3 is 5.97 Å². The van der Waals surface area contributed by atoms with Crippen molar-refractivity contribution in [2.75, 3.05) is 18.1 Å². The van der Waals surface area contributed by atoms with Crippen molar-refractivity contribution in [1.29, 1.82) is 0 Å². The van der Waals surface area contributed by atoms with Crippen LogP contribution in [-0.4, -0.2) is 23.3 Å². The molecule has 0 bridgehead atoms. The van der Waals surface area contributed by atoms with E-state index in [0.717, 1.165) is 5.56 Å². The van der Waals surface area contributed by atoms with Crippen LogP contribution in [0, 0.1) is 10.1 Å². The number of nitro groups is 1. The molecule has 0 amide bonds. The average Bonchev–Trinajstić information content (AvgIpc) is 2.31. The first-order valence-electron chi connectivity index (χ1n) is 5.30. The van der Waals surface area contributed by atoms with E-state index in [1.54, 1.807) is 13.0 Å². The third-order valence-electron chi connectivity index (χ3n) is 2.09. The quantitative estimate of drug-likeness (QED) is 0.367. The fraction of sp³-hybridized carbons (Fsp3) is 0.364. The molecule has 98 valence electrons. The van der Waals surface area contributed by atoms with E-state index in [4.69, 9.17) is 10.5 Å². The van der Waals surface area contributed by atoms with Crippen LogP contribution < -0.4 is 5.73 Å². The highest BCUT2D eigenvalue weighted by Gasteiger charge is 2.12. The summed E-state index contributed by atoms with van der Waals surface area (Å²) >= 11 is 1.34. The fourth-order valence-electron chi connectivity index (χ4n) is 1.29. The van der Waals surface area contributed by atoms with Gasteiger partial charge in [-0.3, -0.25) is 14.9 Å². The third kappa shape index (κ3) is 4.25. The molecule has 2 N–H and O–H groups in total. The maximum absolute atomic E-state index is 11.1. The molecule has 1 aromatic rings. The molecule has 0 unspecified atom stereocenters. The molecule has 0 aliphatic carbocycles. The maximum atomic E-state index is 11.1. The molecule has 0 fully saturated rings. The number of carbonyl (C=O) groups excluding carboxylic acids is 1. The van der Waals surface area contributed by atoms with Crippen molar-refractivity contribution in [3.05, 3.63) is 33.9 Å². The molecule has 0 spiro atoms. The van der Waals surface area contributed by atoms with Gasteiger partial charge in [-0.1, -0.05) is 6.07 Å². The van der Waals surface area contributed by atoms with Gasteiger partial charge in [0.05, 0.1) is 17.3 Å². The van der Waals surface area contributed by atoms with Gasteiger partial charge in [-0.25, -0.2) is 0 Å². The number of nitrogens with zero attached hydrogens (tertiary/aromatic N) is 1. The predicted molar refractivity (Wildman–Crippen MR) is 70.3 cm³/mol. The van der Waals surface area contributed by atoms with E-state index in [1.165, 1.54) is 23.9 Å². The van der Waals surface area contributed by atoms with Gasteiger partial charge in [0.15, 0.2) is 0 Å². The number of benzene rings is 1. The normalized spacial score (nSPS) is 10.1. The molecule has 0 aliphatic rings. The summed E-state index contributed by atoms with van der Waals surface area (Å²) in [7, 11) is 0. The Morgan fingerprint density at radius 1 is 1.56 bits per heavy atom. The minimum absolute atomic E-state index is 0.107. The van der Waals surface area contributed by atoms with Crippen LogP contribution in [-0.2, 0) is 15.3 Å². The molecule has 7 heteroatoms. The van der Waals surface area contributed by atoms with Gasteiger partial charge in [-0.2, -0.15) is 0 Å². The second-order valence-electron chi connectivity index (χ2n) is 3.45. The number of rotatable bonds is 6. The Morgan fingerprint density at radius 3 is 2.89 bits per heavy atom. The topological polar surface area (TPSA) is 95.5 Å². The molecular weight excluding hydrogens is 256 g/mol. The summed E-state index contributed by atoms with van der Waals surface area (Å²) in [6, 6.07) is 4.63. The number of nitrogen functional groups attached to an aromatic ring is 1. The minimum Gasteiger partial charge on any atom is -0.465 e. The fourth-order valence-corrected chi connectivity index (χ4v) is 2.06. The molecule has 0 heterocycles. The Balaban J connectivity index is 2.55. The smallest absolute Gasteiger partial charge is 0.315 e. The molecule has 0 saturated carbocycles. The van der Waals surface area contributed by atoms with E-state index in [1.807, 2.05) is 0 Å². The number of carbonyl (C=O) groups is 1. The van der Waals surface area contributed by atoms with E-state index < -0.39 is 4.92 Å². The number of nitro benzene ring substituents is 1. The molecule has 18 heavy (non-hydrogen) atoms. The van der Waals surface area contributed by atoms with E-state index in [2.05, 4.69) is 0 Å². The molecule has 0 saturated heterocycles. The summed E-state index contributed by atoms with van der Waals surface area (Å²) in [5.74, 6) is 0.443. The molecular formula is C11H14N2O4S. The van der Waals surface area contributed by atoms with Gasteiger partial charge < -0.3 is 10.5 Å². The van der Waals surface area contributed by atoms with Gasteiger partial charge in [0.2, 0.25) is 0 Å². The number of thioether (sulfide) groups is 1. The van der Waals surface area contributed by atoms with E-state index in [0.29, 0.717) is 12.4 Å². The van der Waals surface area contributed by atoms with Crippen molar-refractivity contribution in [3.63, 3.8) is 0 Å². The summed E-state index contributed by atoms with van der Waals surface area (Å²) in [4.78, 5) is 21.3. The molecule has 0 atom stereocenters. The molecule has 0 radical (unpaired) electrons. The standard InChI is InChI=1S/C11H14N2O4S/c1-2-17-11(14)7-18-6-8-3-4-9(12)10(5-8)13(15)16/h3-5H,2,6-7,12H2,1H3. The summed E-state index contributed by atoms with van der Waals surface area (Å²) in [6.07, 6.45) is 0. The van der Waals surface area contributed by atoms with Gasteiger partial charge in [-0.05, 0) is 18.6 Å². The van der Waals surface area contributed by atoms with Crippen molar-refractivity contribution in [1.82, 2.24) is 0 Å². The molecule has 0 aromatic heterocycles. The summed E-state index contributed by atoms with van der Waals surface area (Å²) < 4.78 is 4.77. The van der Waals surface area contributed by atoms with Crippen LogP contribution in [0.4, 0.5) is 11.4 Å². The molecule has 1 aromatic carbocycles. The largest absolute Gasteiger partial charge is 0.465 e. The zero-order valence-corrected chi connectivity index (χ0v) is 10.7. The minimum atomic E-state index is -0.519. The SMILES string of the molecule is CCOC(=O)CSCc1ccc(N)c([N+](=O)[O-])c1. The van der Waals surface area contributed by atoms with Crippen LogP contribution in [0.2, 0.25) is 0 Å². The first kappa shape index (κ1) is 14.3. The number of hydrogen-bond donors (Lipinski definition) is 1. The number of ether oxygens (including phenoxy) is 1. The highest BCUT2D eigenvalue weighted by molar-refractivity contribution is 7.99. The van der Waals surface area contributed by atoms with Crippen LogP contribution in [0.3, 0.4) is 0 Å². The lowest BCUT2D eigenvalue weighted by molar-refractivity contribution is -0.383. The van der Waals surface area contributed by atoms with Crippen molar-refractivity contribution < 1.29 is 14.5 Å². The molecule has 6 nitrogen and oxygen atoms in total. The van der Waals surface area contributed by atoms with E-state index in [-0.39, 0.29) is 23.1 Å². The summed E-state index contributed by atoms with van der Waals surface area (Å²) in [6.45, 7) is 2.10. The Morgan fingerprint density at radius 2 is 2.28 bits per heavy atom. The van der Waals surface area contributed by atoms with Crippen LogP contribution in [0.1, 0.15) is 12.5 Å². The van der Waals surface area contributed by atoms with Crippen molar-refractivity contribution in [2.24, 2.45) is 0 Å². The van der Waals surface area contributed by atoms with Crippen molar-refractivity contribution >= 4 is 29.1 Å². The average molecular weight is 270 g/mol. The Kier molecular flexibility index (Phi) is 5.44. The van der Waals surface area contributed by atoms with Crippen molar-refractivity contribution in [2.45, 2.75) is 12.7 Å². The Labute approximate surface area is 109 Å². The third-order valence-corrected chi connectivity index (χ3v) is 3.06. The Bertz CT molecular complexity index is 451. The van der Waals surface area contributed by atoms with Crippen LogP contribution >= 0.6 is 11.8 Å². The predicted octanol–water partition coefficient (Wildman–Crippen LogP) is 1.97. The highest BCUT2D eigenvalue weighted by atomic mass is 32.2.